The van der Waals surface area contributed by atoms with Crippen molar-refractivity contribution in [3.05, 3.63) is 60.2 Å². The van der Waals surface area contributed by atoms with Crippen LogP contribution in [0.3, 0.4) is 0 Å². The molecular weight excluding hydrogens is 372 g/mol. The highest BCUT2D eigenvalue weighted by Gasteiger charge is 2.18. The van der Waals surface area contributed by atoms with Crippen LogP contribution in [-0.2, 0) is 11.3 Å². The van der Waals surface area contributed by atoms with Crippen molar-refractivity contribution in [2.75, 3.05) is 12.9 Å². The van der Waals surface area contributed by atoms with Gasteiger partial charge in [-0.2, -0.15) is 0 Å². The molecule has 1 N–H and O–H groups in total. The van der Waals surface area contributed by atoms with Crippen LogP contribution >= 0.6 is 11.8 Å². The number of hydrogen-bond donors (Lipinski definition) is 1. The molecule has 0 spiro atoms. The highest BCUT2D eigenvalue weighted by molar-refractivity contribution is 7.99. The molecule has 2 aromatic carbocycles. The van der Waals surface area contributed by atoms with E-state index in [-0.39, 0.29) is 11.9 Å². The average molecular weight is 397 g/mol. The quantitative estimate of drug-likeness (QED) is 0.584. The maximum absolute atomic E-state index is 12.2. The molecule has 0 aliphatic rings. The molecule has 0 bridgehead atoms. The highest BCUT2D eigenvalue weighted by Crippen LogP contribution is 2.28. The number of thioether (sulfide) groups is 1. The van der Waals surface area contributed by atoms with E-state index in [4.69, 9.17) is 4.74 Å². The van der Waals surface area contributed by atoms with Gasteiger partial charge in [0.05, 0.1) is 12.9 Å². The third-order valence-electron chi connectivity index (χ3n) is 4.19. The van der Waals surface area contributed by atoms with Gasteiger partial charge < -0.3 is 10.1 Å². The first-order valence-electron chi connectivity index (χ1n) is 9.11. The van der Waals surface area contributed by atoms with E-state index in [1.54, 1.807) is 7.11 Å². The van der Waals surface area contributed by atoms with Crippen LogP contribution in [0.2, 0.25) is 0 Å². The molecule has 0 aliphatic carbocycles. The third kappa shape index (κ3) is 4.92. The first-order valence-corrected chi connectivity index (χ1v) is 10.1. The van der Waals surface area contributed by atoms with Gasteiger partial charge in [-0.15, -0.1) is 10.2 Å². The van der Waals surface area contributed by atoms with Crippen molar-refractivity contribution in [1.82, 2.24) is 20.1 Å². The lowest BCUT2D eigenvalue weighted by molar-refractivity contribution is -0.118. The highest BCUT2D eigenvalue weighted by atomic mass is 32.2. The second-order valence-electron chi connectivity index (χ2n) is 6.55. The Morgan fingerprint density at radius 3 is 2.46 bits per heavy atom. The Morgan fingerprint density at radius 2 is 1.82 bits per heavy atom. The van der Waals surface area contributed by atoms with Crippen LogP contribution in [0.25, 0.3) is 11.4 Å². The lowest BCUT2D eigenvalue weighted by Crippen LogP contribution is -2.24. The molecule has 0 fully saturated rings. The summed E-state index contributed by atoms with van der Waals surface area (Å²) in [5.74, 6) is 1.84. The third-order valence-corrected chi connectivity index (χ3v) is 5.14. The zero-order valence-corrected chi connectivity index (χ0v) is 17.1. The number of hydrogen-bond acceptors (Lipinski definition) is 5. The minimum atomic E-state index is -0.0295. The minimum absolute atomic E-state index is 0.0295. The van der Waals surface area contributed by atoms with Crippen LogP contribution in [0.4, 0.5) is 0 Å². The summed E-state index contributed by atoms with van der Waals surface area (Å²) in [5.41, 5.74) is 2.04. The Labute approximate surface area is 169 Å². The van der Waals surface area contributed by atoms with E-state index in [2.05, 4.69) is 33.9 Å². The lowest BCUT2D eigenvalue weighted by Gasteiger charge is -2.14. The monoisotopic (exact) mass is 396 g/mol. The van der Waals surface area contributed by atoms with Crippen molar-refractivity contribution in [2.45, 2.75) is 31.6 Å². The van der Waals surface area contributed by atoms with Crippen LogP contribution in [-0.4, -0.2) is 33.5 Å². The summed E-state index contributed by atoms with van der Waals surface area (Å²) in [7, 11) is 1.64. The molecule has 7 heteroatoms. The fraction of sp³-hybridized carbons (Fsp3) is 0.286. The van der Waals surface area contributed by atoms with Crippen LogP contribution < -0.4 is 10.1 Å². The summed E-state index contributed by atoms with van der Waals surface area (Å²) in [6.45, 7) is 4.68. The molecule has 0 saturated heterocycles. The van der Waals surface area contributed by atoms with Gasteiger partial charge in [-0.1, -0.05) is 42.1 Å². The number of nitrogens with one attached hydrogen (secondary N) is 1. The van der Waals surface area contributed by atoms with Gasteiger partial charge in [-0.25, -0.2) is 0 Å². The molecule has 28 heavy (non-hydrogen) atoms. The maximum atomic E-state index is 12.2. The van der Waals surface area contributed by atoms with Gasteiger partial charge in [0.1, 0.15) is 5.75 Å². The van der Waals surface area contributed by atoms with E-state index in [0.29, 0.717) is 12.3 Å². The molecule has 0 radical (unpaired) electrons. The van der Waals surface area contributed by atoms with Crippen LogP contribution in [0.15, 0.2) is 59.8 Å². The number of nitrogens with zero attached hydrogens (tertiary/aromatic N) is 3. The number of methoxy groups -OCH3 is 1. The molecule has 3 rings (SSSR count). The molecule has 0 atom stereocenters. The van der Waals surface area contributed by atoms with Crippen molar-refractivity contribution >= 4 is 17.7 Å². The van der Waals surface area contributed by atoms with Gasteiger partial charge in [0.15, 0.2) is 11.0 Å². The van der Waals surface area contributed by atoms with E-state index in [9.17, 15) is 4.79 Å². The Kier molecular flexibility index (Phi) is 6.71. The van der Waals surface area contributed by atoms with E-state index >= 15 is 0 Å². The molecular formula is C21H24N4O2S. The summed E-state index contributed by atoms with van der Waals surface area (Å²) in [6, 6.07) is 17.8. The van der Waals surface area contributed by atoms with Crippen LogP contribution in [0, 0.1) is 0 Å². The normalized spacial score (nSPS) is 10.9. The molecule has 0 aliphatic heterocycles. The van der Waals surface area contributed by atoms with Gasteiger partial charge in [0.25, 0.3) is 0 Å². The van der Waals surface area contributed by atoms with E-state index in [1.165, 1.54) is 11.8 Å². The van der Waals surface area contributed by atoms with Crippen molar-refractivity contribution in [1.29, 1.82) is 0 Å². The van der Waals surface area contributed by atoms with Crippen molar-refractivity contribution < 1.29 is 9.53 Å². The Morgan fingerprint density at radius 1 is 1.11 bits per heavy atom. The predicted molar refractivity (Wildman–Crippen MR) is 111 cm³/mol. The summed E-state index contributed by atoms with van der Waals surface area (Å²) in [5, 5.41) is 12.3. The van der Waals surface area contributed by atoms with Crippen molar-refractivity contribution in [2.24, 2.45) is 0 Å². The van der Waals surface area contributed by atoms with Crippen molar-refractivity contribution in [3.8, 4) is 17.1 Å². The average Bonchev–Trinajstić information content (AvgIpc) is 3.16. The molecule has 3 aromatic rings. The molecule has 1 aromatic heterocycles. The predicted octanol–water partition coefficient (Wildman–Crippen LogP) is 3.94. The topological polar surface area (TPSA) is 69.0 Å². The van der Waals surface area contributed by atoms with Gasteiger partial charge in [0, 0.05) is 18.2 Å². The second kappa shape index (κ2) is 9.41. The molecule has 0 unspecified atom stereocenters. The summed E-state index contributed by atoms with van der Waals surface area (Å²) in [4.78, 5) is 12.2. The fourth-order valence-corrected chi connectivity index (χ4v) is 3.65. The van der Waals surface area contributed by atoms with E-state index < -0.39 is 0 Å². The number of rotatable bonds is 8. The Hall–Kier alpha value is -2.80. The van der Waals surface area contributed by atoms with Crippen LogP contribution in [0.5, 0.6) is 5.75 Å². The number of ether oxygens (including phenoxy) is 1. The summed E-state index contributed by atoms with van der Waals surface area (Å²) in [6.07, 6.45) is 0. The summed E-state index contributed by atoms with van der Waals surface area (Å²) >= 11 is 1.39. The molecule has 146 valence electrons. The zero-order valence-electron chi connectivity index (χ0n) is 16.3. The lowest BCUT2D eigenvalue weighted by atomic mass is 10.2. The zero-order chi connectivity index (χ0) is 19.9. The minimum Gasteiger partial charge on any atom is -0.497 e. The molecule has 0 saturated carbocycles. The largest absolute Gasteiger partial charge is 0.497 e. The van der Waals surface area contributed by atoms with Gasteiger partial charge in [0.2, 0.25) is 5.91 Å². The second-order valence-corrected chi connectivity index (χ2v) is 7.49. The first kappa shape index (κ1) is 19.9. The molecule has 1 heterocycles. The number of amides is 1. The molecule has 1 amide bonds. The van der Waals surface area contributed by atoms with Crippen LogP contribution in [0.1, 0.15) is 25.5 Å². The maximum Gasteiger partial charge on any atom is 0.230 e. The Bertz CT molecular complexity index is 908. The fourth-order valence-electron chi connectivity index (χ4n) is 2.76. The molecule has 6 nitrogen and oxygen atoms in total. The Balaban J connectivity index is 1.66. The number of carbonyl (C=O) groups is 1. The number of carbonyl (C=O) groups excluding carboxylic acids is 1. The number of aromatic nitrogens is 3. The first-order chi connectivity index (χ1) is 13.6. The van der Waals surface area contributed by atoms with Gasteiger partial charge in [-0.05, 0) is 43.7 Å². The van der Waals surface area contributed by atoms with Gasteiger partial charge in [-0.3, -0.25) is 9.36 Å². The van der Waals surface area contributed by atoms with E-state index in [0.717, 1.165) is 27.9 Å². The smallest absolute Gasteiger partial charge is 0.230 e. The summed E-state index contributed by atoms with van der Waals surface area (Å²) < 4.78 is 7.27. The van der Waals surface area contributed by atoms with Gasteiger partial charge >= 0.3 is 0 Å². The number of benzene rings is 2. The van der Waals surface area contributed by atoms with Crippen molar-refractivity contribution in [3.63, 3.8) is 0 Å². The SMILES string of the molecule is COc1ccc(-c2nnc(SCC(=O)NCc3ccccc3)n2C(C)C)cc1. The van der Waals surface area contributed by atoms with E-state index in [1.807, 2.05) is 54.6 Å². The standard InChI is InChI=1S/C21H24N4O2S/c1-15(2)25-20(17-9-11-18(27-3)12-10-17)23-24-21(25)28-14-19(26)22-13-16-7-5-4-6-8-16/h4-12,15H,13-14H2,1-3H3,(H,22,26).